The molecule has 0 unspecified atom stereocenters. The monoisotopic (exact) mass is 305 g/mol. The normalized spacial score (nSPS) is 12.1. The van der Waals surface area contributed by atoms with Crippen molar-refractivity contribution in [2.24, 2.45) is 11.7 Å². The predicted molar refractivity (Wildman–Crippen MR) is 89.8 cm³/mol. The van der Waals surface area contributed by atoms with Gasteiger partial charge in [0.05, 0.1) is 12.6 Å². The van der Waals surface area contributed by atoms with Crippen LogP contribution in [0.15, 0.2) is 18.2 Å². The average Bonchev–Trinajstić information content (AvgIpc) is 2.48. The van der Waals surface area contributed by atoms with Gasteiger partial charge in [-0.2, -0.15) is 0 Å². The number of amides is 2. The fraction of sp³-hybridized carbons (Fsp3) is 0.529. The largest absolute Gasteiger partial charge is 0.346 e. The van der Waals surface area contributed by atoms with Crippen LogP contribution in [0.25, 0.3) is 0 Å². The lowest BCUT2D eigenvalue weighted by Gasteiger charge is -2.24. The molecule has 0 saturated heterocycles. The van der Waals surface area contributed by atoms with Gasteiger partial charge in [0.2, 0.25) is 11.8 Å². The van der Waals surface area contributed by atoms with Gasteiger partial charge in [-0.05, 0) is 43.9 Å². The van der Waals surface area contributed by atoms with E-state index in [0.717, 1.165) is 16.8 Å². The van der Waals surface area contributed by atoms with Crippen molar-refractivity contribution in [3.05, 3.63) is 29.3 Å². The highest BCUT2D eigenvalue weighted by Crippen LogP contribution is 2.22. The maximum atomic E-state index is 12.4. The van der Waals surface area contributed by atoms with Crippen molar-refractivity contribution >= 4 is 17.5 Å². The van der Waals surface area contributed by atoms with Gasteiger partial charge >= 0.3 is 0 Å². The Morgan fingerprint density at radius 3 is 2.45 bits per heavy atom. The van der Waals surface area contributed by atoms with Gasteiger partial charge in [0.1, 0.15) is 0 Å². The molecule has 0 bridgehead atoms. The molecular formula is C17H27N3O2. The fourth-order valence-electron chi connectivity index (χ4n) is 2.19. The zero-order valence-electron chi connectivity index (χ0n) is 14.1. The van der Waals surface area contributed by atoms with Crippen LogP contribution >= 0.6 is 0 Å². The molecule has 0 spiro atoms. The Bertz CT molecular complexity index is 541. The minimum Gasteiger partial charge on any atom is -0.346 e. The van der Waals surface area contributed by atoms with E-state index in [0.29, 0.717) is 6.54 Å². The van der Waals surface area contributed by atoms with Crippen molar-refractivity contribution in [2.75, 3.05) is 18.0 Å². The highest BCUT2D eigenvalue weighted by atomic mass is 16.2. The van der Waals surface area contributed by atoms with Crippen molar-refractivity contribution in [3.63, 3.8) is 0 Å². The molecule has 0 saturated carbocycles. The van der Waals surface area contributed by atoms with E-state index in [9.17, 15) is 9.59 Å². The molecule has 2 amide bonds. The number of nitrogens with zero attached hydrogens (tertiary/aromatic N) is 1. The molecular weight excluding hydrogens is 278 g/mol. The van der Waals surface area contributed by atoms with Gasteiger partial charge in [0.25, 0.3) is 0 Å². The van der Waals surface area contributed by atoms with E-state index in [1.807, 2.05) is 52.8 Å². The van der Waals surface area contributed by atoms with Crippen molar-refractivity contribution in [3.8, 4) is 0 Å². The van der Waals surface area contributed by atoms with Crippen LogP contribution in [0.2, 0.25) is 0 Å². The van der Waals surface area contributed by atoms with E-state index in [2.05, 4.69) is 5.32 Å². The highest BCUT2D eigenvalue weighted by molar-refractivity contribution is 5.97. The quantitative estimate of drug-likeness (QED) is 0.841. The standard InChI is InChI=1S/C17H27N3O2/c1-6-20(14-9-7-8-12(4)13(14)5)15(21)10-19-17(22)16(18)11(2)3/h7-9,11,16H,6,10,18H2,1-5H3,(H,19,22)/t16-/m0/s1. The van der Waals surface area contributed by atoms with Crippen molar-refractivity contribution in [2.45, 2.75) is 40.7 Å². The number of rotatable bonds is 6. The summed E-state index contributed by atoms with van der Waals surface area (Å²) in [5.41, 5.74) is 8.86. The molecule has 5 nitrogen and oxygen atoms in total. The predicted octanol–water partition coefficient (Wildman–Crippen LogP) is 1.76. The van der Waals surface area contributed by atoms with Crippen LogP contribution in [-0.2, 0) is 9.59 Å². The molecule has 1 rings (SSSR count). The van der Waals surface area contributed by atoms with Crippen LogP contribution in [0.3, 0.4) is 0 Å². The van der Waals surface area contributed by atoms with Gasteiger partial charge in [0, 0.05) is 12.2 Å². The Hall–Kier alpha value is -1.88. The molecule has 1 aromatic rings. The molecule has 0 radical (unpaired) electrons. The van der Waals surface area contributed by atoms with Crippen molar-refractivity contribution < 1.29 is 9.59 Å². The average molecular weight is 305 g/mol. The molecule has 5 heteroatoms. The fourth-order valence-corrected chi connectivity index (χ4v) is 2.19. The highest BCUT2D eigenvalue weighted by Gasteiger charge is 2.20. The number of carbonyl (C=O) groups is 2. The Morgan fingerprint density at radius 2 is 1.91 bits per heavy atom. The summed E-state index contributed by atoms with van der Waals surface area (Å²) < 4.78 is 0. The van der Waals surface area contributed by atoms with Gasteiger partial charge in [-0.15, -0.1) is 0 Å². The van der Waals surface area contributed by atoms with Gasteiger partial charge in [-0.25, -0.2) is 0 Å². The minimum absolute atomic E-state index is 0.0383. The topological polar surface area (TPSA) is 75.4 Å². The first kappa shape index (κ1) is 18.2. The molecule has 0 aromatic heterocycles. The third-order valence-corrected chi connectivity index (χ3v) is 3.92. The van der Waals surface area contributed by atoms with E-state index >= 15 is 0 Å². The number of likely N-dealkylation sites (N-methyl/N-ethyl adjacent to an activating group) is 1. The number of aryl methyl sites for hydroxylation is 1. The maximum Gasteiger partial charge on any atom is 0.246 e. The van der Waals surface area contributed by atoms with Crippen molar-refractivity contribution in [1.29, 1.82) is 0 Å². The second kappa shape index (κ2) is 7.94. The lowest BCUT2D eigenvalue weighted by atomic mass is 10.1. The number of hydrogen-bond acceptors (Lipinski definition) is 3. The second-order valence-electron chi connectivity index (χ2n) is 5.84. The van der Waals surface area contributed by atoms with Crippen LogP contribution in [0.5, 0.6) is 0 Å². The zero-order valence-corrected chi connectivity index (χ0v) is 14.1. The summed E-state index contributed by atoms with van der Waals surface area (Å²) in [5, 5.41) is 2.63. The summed E-state index contributed by atoms with van der Waals surface area (Å²) in [6.07, 6.45) is 0. The van der Waals surface area contributed by atoms with E-state index < -0.39 is 6.04 Å². The van der Waals surface area contributed by atoms with Crippen LogP contribution in [-0.4, -0.2) is 30.9 Å². The van der Waals surface area contributed by atoms with Gasteiger partial charge in [0.15, 0.2) is 0 Å². The third-order valence-electron chi connectivity index (χ3n) is 3.92. The Balaban J connectivity index is 2.78. The number of hydrogen-bond donors (Lipinski definition) is 2. The number of anilines is 1. The molecule has 0 heterocycles. The van der Waals surface area contributed by atoms with Crippen LogP contribution in [0.1, 0.15) is 31.9 Å². The lowest BCUT2D eigenvalue weighted by Crippen LogP contribution is -2.48. The first-order valence-corrected chi connectivity index (χ1v) is 7.69. The summed E-state index contributed by atoms with van der Waals surface area (Å²) in [5.74, 6) is -0.391. The number of nitrogens with one attached hydrogen (secondary N) is 1. The summed E-state index contributed by atoms with van der Waals surface area (Å²) in [4.78, 5) is 25.9. The van der Waals surface area contributed by atoms with E-state index in [4.69, 9.17) is 5.73 Å². The number of nitrogens with two attached hydrogens (primary N) is 1. The number of carbonyl (C=O) groups excluding carboxylic acids is 2. The van der Waals surface area contributed by atoms with Crippen LogP contribution in [0.4, 0.5) is 5.69 Å². The molecule has 0 aliphatic rings. The zero-order chi connectivity index (χ0) is 16.9. The Kier molecular flexibility index (Phi) is 6.56. The molecule has 0 fully saturated rings. The molecule has 122 valence electrons. The van der Waals surface area contributed by atoms with E-state index in [1.165, 1.54) is 0 Å². The molecule has 1 atom stereocenters. The molecule has 0 aliphatic heterocycles. The number of benzene rings is 1. The Labute approximate surface area is 132 Å². The van der Waals surface area contributed by atoms with Gasteiger partial charge in [-0.3, -0.25) is 9.59 Å². The SMILES string of the molecule is CCN(C(=O)CNC(=O)[C@@H](N)C(C)C)c1cccc(C)c1C. The summed E-state index contributed by atoms with van der Waals surface area (Å²) in [7, 11) is 0. The molecule has 1 aromatic carbocycles. The second-order valence-corrected chi connectivity index (χ2v) is 5.84. The van der Waals surface area contributed by atoms with E-state index in [-0.39, 0.29) is 24.3 Å². The molecule has 22 heavy (non-hydrogen) atoms. The van der Waals surface area contributed by atoms with Crippen molar-refractivity contribution in [1.82, 2.24) is 5.32 Å². The summed E-state index contributed by atoms with van der Waals surface area (Å²) in [6, 6.07) is 5.27. The van der Waals surface area contributed by atoms with Crippen LogP contribution in [0, 0.1) is 19.8 Å². The first-order valence-electron chi connectivity index (χ1n) is 7.69. The van der Waals surface area contributed by atoms with Gasteiger partial charge < -0.3 is 16.0 Å². The molecule has 0 aliphatic carbocycles. The smallest absolute Gasteiger partial charge is 0.246 e. The minimum atomic E-state index is -0.594. The van der Waals surface area contributed by atoms with Crippen LogP contribution < -0.4 is 16.0 Å². The van der Waals surface area contributed by atoms with E-state index in [1.54, 1.807) is 4.90 Å². The van der Waals surface area contributed by atoms with Gasteiger partial charge in [-0.1, -0.05) is 26.0 Å². The maximum absolute atomic E-state index is 12.4. The Morgan fingerprint density at radius 1 is 1.27 bits per heavy atom. The molecule has 3 N–H and O–H groups in total. The lowest BCUT2D eigenvalue weighted by molar-refractivity contribution is -0.126. The summed E-state index contributed by atoms with van der Waals surface area (Å²) in [6.45, 7) is 10.2. The first-order chi connectivity index (χ1) is 10.3. The summed E-state index contributed by atoms with van der Waals surface area (Å²) >= 11 is 0. The third kappa shape index (κ3) is 4.31.